The van der Waals surface area contributed by atoms with Crippen LogP contribution < -0.4 is 5.73 Å². The van der Waals surface area contributed by atoms with Crippen molar-refractivity contribution in [2.45, 2.75) is 57.3 Å². The minimum atomic E-state index is -0.506. The molecular formula is C12H25NO3. The van der Waals surface area contributed by atoms with Gasteiger partial charge in [0, 0.05) is 12.6 Å². The Morgan fingerprint density at radius 3 is 2.81 bits per heavy atom. The first-order valence-corrected chi connectivity index (χ1v) is 6.35. The highest BCUT2D eigenvalue weighted by Gasteiger charge is 2.22. The highest BCUT2D eigenvalue weighted by atomic mass is 16.5. The first-order chi connectivity index (χ1) is 7.72. The maximum absolute atomic E-state index is 9.59. The summed E-state index contributed by atoms with van der Waals surface area (Å²) in [5.74, 6) is 0. The van der Waals surface area contributed by atoms with Gasteiger partial charge >= 0.3 is 0 Å². The van der Waals surface area contributed by atoms with Gasteiger partial charge in [-0.15, -0.1) is 0 Å². The van der Waals surface area contributed by atoms with Gasteiger partial charge in [-0.05, 0) is 25.7 Å². The lowest BCUT2D eigenvalue weighted by molar-refractivity contribution is -0.0428. The number of aliphatic hydroxyl groups is 1. The Kier molecular flexibility index (Phi) is 6.96. The summed E-state index contributed by atoms with van der Waals surface area (Å²) >= 11 is 0. The number of aliphatic hydroxyl groups excluding tert-OH is 1. The van der Waals surface area contributed by atoms with E-state index in [-0.39, 0.29) is 12.1 Å². The molecule has 96 valence electrons. The van der Waals surface area contributed by atoms with Crippen molar-refractivity contribution in [1.82, 2.24) is 0 Å². The van der Waals surface area contributed by atoms with Gasteiger partial charge in [-0.2, -0.15) is 0 Å². The van der Waals surface area contributed by atoms with Crippen LogP contribution in [0.3, 0.4) is 0 Å². The zero-order valence-electron chi connectivity index (χ0n) is 10.2. The zero-order chi connectivity index (χ0) is 11.8. The molecule has 0 heterocycles. The fraction of sp³-hybridized carbons (Fsp3) is 1.00. The van der Waals surface area contributed by atoms with Crippen LogP contribution in [0.5, 0.6) is 0 Å². The topological polar surface area (TPSA) is 64.7 Å². The highest BCUT2D eigenvalue weighted by molar-refractivity contribution is 4.78. The first-order valence-electron chi connectivity index (χ1n) is 6.35. The highest BCUT2D eigenvalue weighted by Crippen LogP contribution is 2.20. The van der Waals surface area contributed by atoms with Crippen molar-refractivity contribution in [2.24, 2.45) is 5.73 Å². The van der Waals surface area contributed by atoms with Crippen LogP contribution in [0.15, 0.2) is 0 Å². The molecule has 1 fully saturated rings. The van der Waals surface area contributed by atoms with Gasteiger partial charge in [0.25, 0.3) is 0 Å². The quantitative estimate of drug-likeness (QED) is 0.613. The third-order valence-corrected chi connectivity index (χ3v) is 2.90. The van der Waals surface area contributed by atoms with Crippen molar-refractivity contribution in [3.63, 3.8) is 0 Å². The maximum Gasteiger partial charge on any atom is 0.101 e. The number of unbranched alkanes of at least 4 members (excludes halogenated alkanes) is 1. The Labute approximate surface area is 98.1 Å². The van der Waals surface area contributed by atoms with Crippen molar-refractivity contribution < 1.29 is 14.6 Å². The van der Waals surface area contributed by atoms with Crippen molar-refractivity contribution in [3.05, 3.63) is 0 Å². The summed E-state index contributed by atoms with van der Waals surface area (Å²) in [5, 5.41) is 9.59. The Morgan fingerprint density at radius 1 is 1.38 bits per heavy atom. The second-order valence-corrected chi connectivity index (χ2v) is 4.61. The molecule has 3 N–H and O–H groups in total. The fourth-order valence-corrected chi connectivity index (χ4v) is 1.89. The molecule has 0 aromatic rings. The molecule has 4 nitrogen and oxygen atoms in total. The van der Waals surface area contributed by atoms with Crippen LogP contribution in [0, 0.1) is 0 Å². The van der Waals surface area contributed by atoms with E-state index in [1.165, 1.54) is 0 Å². The third kappa shape index (κ3) is 5.80. The molecule has 0 spiro atoms. The first kappa shape index (κ1) is 13.9. The van der Waals surface area contributed by atoms with E-state index in [1.807, 2.05) is 0 Å². The van der Waals surface area contributed by atoms with Gasteiger partial charge in [0.15, 0.2) is 0 Å². The summed E-state index contributed by atoms with van der Waals surface area (Å²) < 4.78 is 10.9. The summed E-state index contributed by atoms with van der Waals surface area (Å²) in [6.07, 6.45) is 4.87. The van der Waals surface area contributed by atoms with E-state index >= 15 is 0 Å². The second-order valence-electron chi connectivity index (χ2n) is 4.61. The maximum atomic E-state index is 9.59. The van der Waals surface area contributed by atoms with Crippen LogP contribution in [0.1, 0.15) is 39.0 Å². The lowest BCUT2D eigenvalue weighted by Gasteiger charge is -2.15. The Bertz CT molecular complexity index is 178. The van der Waals surface area contributed by atoms with E-state index in [0.29, 0.717) is 13.2 Å². The van der Waals surface area contributed by atoms with Gasteiger partial charge < -0.3 is 20.3 Å². The van der Waals surface area contributed by atoms with Crippen molar-refractivity contribution in [3.8, 4) is 0 Å². The SMILES string of the molecule is CCCCOCC(O)COC1CCC(N)C1. The van der Waals surface area contributed by atoms with Crippen LogP contribution in [0.2, 0.25) is 0 Å². The number of ether oxygens (including phenoxy) is 2. The lowest BCUT2D eigenvalue weighted by atomic mass is 10.3. The zero-order valence-corrected chi connectivity index (χ0v) is 10.2. The lowest BCUT2D eigenvalue weighted by Crippen LogP contribution is -2.25. The molecule has 1 rings (SSSR count). The Hall–Kier alpha value is -0.160. The summed E-state index contributed by atoms with van der Waals surface area (Å²) in [6, 6.07) is 0.281. The number of rotatable bonds is 8. The van der Waals surface area contributed by atoms with E-state index in [4.69, 9.17) is 15.2 Å². The predicted octanol–water partition coefficient (Wildman–Crippen LogP) is 1.06. The van der Waals surface area contributed by atoms with Crippen molar-refractivity contribution >= 4 is 0 Å². The number of nitrogens with two attached hydrogens (primary N) is 1. The van der Waals surface area contributed by atoms with Gasteiger partial charge in [-0.3, -0.25) is 0 Å². The fourth-order valence-electron chi connectivity index (χ4n) is 1.89. The standard InChI is InChI=1S/C12H25NO3/c1-2-3-6-15-8-11(14)9-16-12-5-4-10(13)7-12/h10-12,14H,2-9,13H2,1H3. The minimum Gasteiger partial charge on any atom is -0.388 e. The number of hydrogen-bond donors (Lipinski definition) is 2. The average Bonchev–Trinajstić information content (AvgIpc) is 2.68. The molecule has 0 saturated heterocycles. The van der Waals surface area contributed by atoms with Gasteiger partial charge in [0.05, 0.1) is 19.3 Å². The summed E-state index contributed by atoms with van der Waals surface area (Å²) in [7, 11) is 0. The molecule has 1 aliphatic rings. The van der Waals surface area contributed by atoms with E-state index in [9.17, 15) is 5.11 Å². The summed E-state index contributed by atoms with van der Waals surface area (Å²) in [5.41, 5.74) is 5.78. The van der Waals surface area contributed by atoms with Gasteiger partial charge in [0.2, 0.25) is 0 Å². The van der Waals surface area contributed by atoms with E-state index in [0.717, 1.165) is 38.7 Å². The summed E-state index contributed by atoms with van der Waals surface area (Å²) in [4.78, 5) is 0. The molecule has 0 aromatic heterocycles. The molecule has 1 saturated carbocycles. The van der Waals surface area contributed by atoms with Crippen LogP contribution in [0.25, 0.3) is 0 Å². The minimum absolute atomic E-state index is 0.236. The van der Waals surface area contributed by atoms with Crippen molar-refractivity contribution in [1.29, 1.82) is 0 Å². The molecule has 1 aliphatic carbocycles. The molecule has 3 atom stereocenters. The molecule has 0 aliphatic heterocycles. The number of hydrogen-bond acceptors (Lipinski definition) is 4. The molecule has 0 amide bonds. The largest absolute Gasteiger partial charge is 0.388 e. The van der Waals surface area contributed by atoms with E-state index in [1.54, 1.807) is 0 Å². The third-order valence-electron chi connectivity index (χ3n) is 2.90. The predicted molar refractivity (Wildman–Crippen MR) is 63.3 cm³/mol. The molecule has 0 radical (unpaired) electrons. The molecule has 3 unspecified atom stereocenters. The van der Waals surface area contributed by atoms with Crippen LogP contribution in [-0.4, -0.2) is 43.2 Å². The molecule has 0 aromatic carbocycles. The molecule has 4 heteroatoms. The van der Waals surface area contributed by atoms with Crippen molar-refractivity contribution in [2.75, 3.05) is 19.8 Å². The van der Waals surface area contributed by atoms with Crippen LogP contribution in [0.4, 0.5) is 0 Å². The molecule has 0 bridgehead atoms. The van der Waals surface area contributed by atoms with Crippen LogP contribution >= 0.6 is 0 Å². The normalized spacial score (nSPS) is 27.2. The molecular weight excluding hydrogens is 206 g/mol. The Morgan fingerprint density at radius 2 is 2.19 bits per heavy atom. The van der Waals surface area contributed by atoms with E-state index in [2.05, 4.69) is 6.92 Å². The Balaban J connectivity index is 1.95. The second kappa shape index (κ2) is 8.01. The smallest absolute Gasteiger partial charge is 0.101 e. The van der Waals surface area contributed by atoms with E-state index < -0.39 is 6.10 Å². The summed E-state index contributed by atoms with van der Waals surface area (Å²) in [6.45, 7) is 3.58. The van der Waals surface area contributed by atoms with Crippen LogP contribution in [-0.2, 0) is 9.47 Å². The molecule has 16 heavy (non-hydrogen) atoms. The average molecular weight is 231 g/mol. The van der Waals surface area contributed by atoms with Gasteiger partial charge in [0.1, 0.15) is 6.10 Å². The van der Waals surface area contributed by atoms with Gasteiger partial charge in [-0.25, -0.2) is 0 Å². The monoisotopic (exact) mass is 231 g/mol. The van der Waals surface area contributed by atoms with Gasteiger partial charge in [-0.1, -0.05) is 13.3 Å².